The molecule has 1 amide bonds. The Kier molecular flexibility index (Phi) is 3.76. The van der Waals surface area contributed by atoms with Crippen LogP contribution in [-0.4, -0.2) is 36.2 Å². The maximum Gasteiger partial charge on any atom is 0.294 e. The van der Waals surface area contributed by atoms with E-state index in [1.807, 2.05) is 0 Å². The maximum absolute atomic E-state index is 12.1. The second-order valence-corrected chi connectivity index (χ2v) is 5.36. The Hall–Kier alpha value is -3.21. The minimum Gasteiger partial charge on any atom is -0.501 e. The van der Waals surface area contributed by atoms with Crippen LogP contribution < -0.4 is 16.6 Å². The van der Waals surface area contributed by atoms with Gasteiger partial charge in [0.1, 0.15) is 5.82 Å². The number of amides is 1. The van der Waals surface area contributed by atoms with Crippen molar-refractivity contribution in [2.75, 3.05) is 5.73 Å². The lowest BCUT2D eigenvalue weighted by molar-refractivity contribution is 0.0941. The number of nitrogens with one attached hydrogen (secondary N) is 3. The number of nitrogen functional groups attached to an aromatic ring is 1. The predicted molar refractivity (Wildman–Crippen MR) is 81.8 cm³/mol. The van der Waals surface area contributed by atoms with Crippen LogP contribution in [0.4, 0.5) is 5.95 Å². The monoisotopic (exact) mass is 333 g/mol. The van der Waals surface area contributed by atoms with E-state index in [0.29, 0.717) is 10.7 Å². The number of aromatic amines is 2. The number of aromatic nitrogens is 5. The molecule has 0 saturated heterocycles. The average molecular weight is 333 g/mol. The second kappa shape index (κ2) is 5.88. The third kappa shape index (κ3) is 3.03. The molecule has 0 spiro atoms. The highest BCUT2D eigenvalue weighted by Crippen LogP contribution is 2.21. The van der Waals surface area contributed by atoms with Crippen LogP contribution in [0.25, 0.3) is 10.7 Å². The molecule has 11 heteroatoms. The highest BCUT2D eigenvalue weighted by molar-refractivity contribution is 7.13. The van der Waals surface area contributed by atoms with Crippen LogP contribution in [0.2, 0.25) is 0 Å². The van der Waals surface area contributed by atoms with Crippen LogP contribution in [-0.2, 0) is 6.54 Å². The fourth-order valence-electron chi connectivity index (χ4n) is 1.79. The molecule has 0 saturated carbocycles. The number of carbonyl (C=O) groups is 1. The SMILES string of the molecule is Nc1n[nH]c(CNC(=O)c2nc(-c3cccs3)[nH]c(=O)c2O)n1. The summed E-state index contributed by atoms with van der Waals surface area (Å²) in [4.78, 5) is 34.8. The summed E-state index contributed by atoms with van der Waals surface area (Å²) in [5.74, 6) is -0.886. The fraction of sp³-hybridized carbons (Fsp3) is 0.0833. The van der Waals surface area contributed by atoms with E-state index in [9.17, 15) is 14.7 Å². The summed E-state index contributed by atoms with van der Waals surface area (Å²) in [5, 5.41) is 20.2. The van der Waals surface area contributed by atoms with Crippen LogP contribution in [0, 0.1) is 0 Å². The van der Waals surface area contributed by atoms with Gasteiger partial charge < -0.3 is 21.1 Å². The largest absolute Gasteiger partial charge is 0.501 e. The maximum atomic E-state index is 12.1. The van der Waals surface area contributed by atoms with Gasteiger partial charge in [-0.25, -0.2) is 4.98 Å². The van der Waals surface area contributed by atoms with Gasteiger partial charge in [0.25, 0.3) is 11.5 Å². The van der Waals surface area contributed by atoms with Gasteiger partial charge in [-0.15, -0.1) is 16.4 Å². The first kappa shape index (κ1) is 14.7. The van der Waals surface area contributed by atoms with Crippen molar-refractivity contribution in [3.05, 3.63) is 39.4 Å². The highest BCUT2D eigenvalue weighted by Gasteiger charge is 2.19. The Balaban J connectivity index is 1.86. The van der Waals surface area contributed by atoms with E-state index in [0.717, 1.165) is 0 Å². The van der Waals surface area contributed by atoms with Crippen LogP contribution >= 0.6 is 11.3 Å². The van der Waals surface area contributed by atoms with Gasteiger partial charge >= 0.3 is 0 Å². The number of aromatic hydroxyl groups is 1. The van der Waals surface area contributed by atoms with E-state index >= 15 is 0 Å². The lowest BCUT2D eigenvalue weighted by Crippen LogP contribution is -2.27. The summed E-state index contributed by atoms with van der Waals surface area (Å²) in [6.07, 6.45) is 0. The van der Waals surface area contributed by atoms with Crippen molar-refractivity contribution in [3.63, 3.8) is 0 Å². The molecule has 0 atom stereocenters. The minimum atomic E-state index is -0.794. The van der Waals surface area contributed by atoms with Gasteiger partial charge in [-0.2, -0.15) is 4.98 Å². The van der Waals surface area contributed by atoms with Gasteiger partial charge in [0, 0.05) is 0 Å². The molecular weight excluding hydrogens is 322 g/mol. The van der Waals surface area contributed by atoms with E-state index in [1.165, 1.54) is 11.3 Å². The molecule has 0 bridgehead atoms. The van der Waals surface area contributed by atoms with Crippen LogP contribution in [0.5, 0.6) is 5.75 Å². The Morgan fingerprint density at radius 2 is 2.26 bits per heavy atom. The Bertz CT molecular complexity index is 900. The topological polar surface area (TPSA) is 163 Å². The molecule has 0 aliphatic rings. The van der Waals surface area contributed by atoms with Crippen molar-refractivity contribution in [1.82, 2.24) is 30.5 Å². The van der Waals surface area contributed by atoms with Crippen molar-refractivity contribution in [2.24, 2.45) is 0 Å². The zero-order valence-corrected chi connectivity index (χ0v) is 12.3. The van der Waals surface area contributed by atoms with E-state index in [1.54, 1.807) is 17.5 Å². The summed E-state index contributed by atoms with van der Waals surface area (Å²) in [6.45, 7) is -0.00864. The molecule has 3 rings (SSSR count). The number of rotatable bonds is 4. The molecule has 23 heavy (non-hydrogen) atoms. The predicted octanol–water partition coefficient (Wildman–Crippen LogP) is -0.166. The number of thiophene rings is 1. The van der Waals surface area contributed by atoms with E-state index in [4.69, 9.17) is 5.73 Å². The Morgan fingerprint density at radius 1 is 1.43 bits per heavy atom. The average Bonchev–Trinajstić information content (AvgIpc) is 3.19. The van der Waals surface area contributed by atoms with Crippen molar-refractivity contribution in [1.29, 1.82) is 0 Å². The van der Waals surface area contributed by atoms with Crippen molar-refractivity contribution >= 4 is 23.2 Å². The quantitative estimate of drug-likeness (QED) is 0.442. The molecule has 0 radical (unpaired) electrons. The first-order valence-electron chi connectivity index (χ1n) is 6.36. The first-order valence-corrected chi connectivity index (χ1v) is 7.24. The Labute approximate surface area is 132 Å². The second-order valence-electron chi connectivity index (χ2n) is 4.41. The van der Waals surface area contributed by atoms with E-state index < -0.39 is 17.2 Å². The van der Waals surface area contributed by atoms with Crippen molar-refractivity contribution < 1.29 is 9.90 Å². The number of hydrogen-bond donors (Lipinski definition) is 5. The summed E-state index contributed by atoms with van der Waals surface area (Å²) < 4.78 is 0. The Morgan fingerprint density at radius 3 is 2.91 bits per heavy atom. The molecule has 10 nitrogen and oxygen atoms in total. The number of nitrogens with zero attached hydrogens (tertiary/aromatic N) is 3. The molecule has 118 valence electrons. The van der Waals surface area contributed by atoms with Gasteiger partial charge in [-0.05, 0) is 11.4 Å². The van der Waals surface area contributed by atoms with Gasteiger partial charge in [0.2, 0.25) is 11.7 Å². The normalized spacial score (nSPS) is 10.6. The molecular formula is C12H11N7O3S. The molecule has 0 aromatic carbocycles. The zero-order chi connectivity index (χ0) is 16.4. The first-order chi connectivity index (χ1) is 11.0. The van der Waals surface area contributed by atoms with Gasteiger partial charge in [0.05, 0.1) is 11.4 Å². The van der Waals surface area contributed by atoms with E-state index in [-0.39, 0.29) is 24.0 Å². The van der Waals surface area contributed by atoms with Crippen LogP contribution in [0.1, 0.15) is 16.3 Å². The van der Waals surface area contributed by atoms with Crippen LogP contribution in [0.15, 0.2) is 22.3 Å². The molecule has 3 aromatic rings. The number of anilines is 1. The molecule has 6 N–H and O–H groups in total. The van der Waals surface area contributed by atoms with Gasteiger partial charge in [-0.1, -0.05) is 6.07 Å². The fourth-order valence-corrected chi connectivity index (χ4v) is 2.46. The third-order valence-corrected chi connectivity index (χ3v) is 3.71. The molecule has 3 heterocycles. The zero-order valence-electron chi connectivity index (χ0n) is 11.5. The van der Waals surface area contributed by atoms with Crippen LogP contribution in [0.3, 0.4) is 0 Å². The van der Waals surface area contributed by atoms with Crippen molar-refractivity contribution in [3.8, 4) is 16.5 Å². The molecule has 0 aliphatic heterocycles. The van der Waals surface area contributed by atoms with Crippen molar-refractivity contribution in [2.45, 2.75) is 6.54 Å². The highest BCUT2D eigenvalue weighted by atomic mass is 32.1. The van der Waals surface area contributed by atoms with Gasteiger partial charge in [0.15, 0.2) is 11.5 Å². The summed E-state index contributed by atoms with van der Waals surface area (Å²) in [7, 11) is 0. The standard InChI is InChI=1S/C12H11N7O3S/c13-12-15-6(18-19-12)4-14-10(21)7-8(20)11(22)17-9(16-7)5-2-1-3-23-5/h1-3,20H,4H2,(H,14,21)(H,16,17,22)(H3,13,15,18,19). The third-order valence-electron chi connectivity index (χ3n) is 2.83. The summed E-state index contributed by atoms with van der Waals surface area (Å²) in [6, 6.07) is 3.51. The molecule has 0 fully saturated rings. The lowest BCUT2D eigenvalue weighted by atomic mass is 10.3. The number of carbonyl (C=O) groups excluding carboxylic acids is 1. The lowest BCUT2D eigenvalue weighted by Gasteiger charge is -2.06. The smallest absolute Gasteiger partial charge is 0.294 e. The molecule has 0 unspecified atom stereocenters. The summed E-state index contributed by atoms with van der Waals surface area (Å²) >= 11 is 1.34. The number of nitrogens with two attached hydrogens (primary N) is 1. The summed E-state index contributed by atoms with van der Waals surface area (Å²) in [5.41, 5.74) is 4.19. The molecule has 3 aromatic heterocycles. The van der Waals surface area contributed by atoms with Gasteiger partial charge in [-0.3, -0.25) is 14.7 Å². The number of H-pyrrole nitrogens is 2. The number of hydrogen-bond acceptors (Lipinski definition) is 8. The molecule has 0 aliphatic carbocycles. The minimum absolute atomic E-state index is 0.00864. The van der Waals surface area contributed by atoms with E-state index in [2.05, 4.69) is 30.5 Å².